The van der Waals surface area contributed by atoms with Gasteiger partial charge in [-0.2, -0.15) is 0 Å². The predicted octanol–water partition coefficient (Wildman–Crippen LogP) is 3.07. The van der Waals surface area contributed by atoms with Crippen molar-refractivity contribution in [3.05, 3.63) is 47.0 Å². The maximum Gasteiger partial charge on any atom is 0.105 e. The predicted molar refractivity (Wildman–Crippen MR) is 69.6 cm³/mol. The van der Waals surface area contributed by atoms with Crippen molar-refractivity contribution in [1.82, 2.24) is 9.55 Å². The summed E-state index contributed by atoms with van der Waals surface area (Å²) in [6, 6.07) is 8.17. The van der Waals surface area contributed by atoms with Gasteiger partial charge in [0.2, 0.25) is 0 Å². The SMILES string of the molecule is Cc1nccn1CCNc1cccc(Br)c1. The summed E-state index contributed by atoms with van der Waals surface area (Å²) in [4.78, 5) is 4.18. The van der Waals surface area contributed by atoms with E-state index in [1.54, 1.807) is 0 Å². The Hall–Kier alpha value is -1.29. The molecule has 0 fully saturated rings. The smallest absolute Gasteiger partial charge is 0.105 e. The zero-order valence-corrected chi connectivity index (χ0v) is 10.7. The molecule has 1 heterocycles. The van der Waals surface area contributed by atoms with Crippen molar-refractivity contribution < 1.29 is 0 Å². The van der Waals surface area contributed by atoms with Crippen LogP contribution in [0.15, 0.2) is 41.1 Å². The number of anilines is 1. The van der Waals surface area contributed by atoms with E-state index in [2.05, 4.69) is 42.9 Å². The Labute approximate surface area is 104 Å². The molecule has 4 heteroatoms. The summed E-state index contributed by atoms with van der Waals surface area (Å²) in [7, 11) is 0. The molecule has 0 radical (unpaired) electrons. The number of imidazole rings is 1. The van der Waals surface area contributed by atoms with Crippen molar-refractivity contribution in [2.75, 3.05) is 11.9 Å². The molecule has 1 aromatic heterocycles. The second-order valence-corrected chi connectivity index (χ2v) is 4.52. The van der Waals surface area contributed by atoms with E-state index in [4.69, 9.17) is 0 Å². The molecule has 1 aromatic carbocycles. The van der Waals surface area contributed by atoms with Crippen molar-refractivity contribution in [3.8, 4) is 0 Å². The number of hydrogen-bond acceptors (Lipinski definition) is 2. The lowest BCUT2D eigenvalue weighted by Gasteiger charge is -2.08. The maximum atomic E-state index is 4.18. The number of aryl methyl sites for hydroxylation is 1. The molecule has 2 rings (SSSR count). The summed E-state index contributed by atoms with van der Waals surface area (Å²) in [5.74, 6) is 1.05. The fraction of sp³-hybridized carbons (Fsp3) is 0.250. The van der Waals surface area contributed by atoms with E-state index in [0.717, 1.165) is 29.1 Å². The number of hydrogen-bond donors (Lipinski definition) is 1. The van der Waals surface area contributed by atoms with Crippen molar-refractivity contribution in [3.63, 3.8) is 0 Å². The molecule has 0 amide bonds. The zero-order valence-electron chi connectivity index (χ0n) is 9.15. The monoisotopic (exact) mass is 279 g/mol. The summed E-state index contributed by atoms with van der Waals surface area (Å²) in [5, 5.41) is 3.37. The van der Waals surface area contributed by atoms with Crippen molar-refractivity contribution in [1.29, 1.82) is 0 Å². The Bertz CT molecular complexity index is 465. The minimum absolute atomic E-state index is 0.896. The Morgan fingerprint density at radius 3 is 3.00 bits per heavy atom. The third kappa shape index (κ3) is 2.85. The standard InChI is InChI=1S/C12H14BrN3/c1-10-14-5-7-16(10)8-6-15-12-4-2-3-11(13)9-12/h2-5,7,9,15H,6,8H2,1H3. The highest BCUT2D eigenvalue weighted by molar-refractivity contribution is 9.10. The summed E-state index contributed by atoms with van der Waals surface area (Å²) < 4.78 is 3.22. The molecular formula is C12H14BrN3. The molecule has 0 bridgehead atoms. The van der Waals surface area contributed by atoms with Crippen LogP contribution in [0.5, 0.6) is 0 Å². The van der Waals surface area contributed by atoms with E-state index in [1.807, 2.05) is 31.5 Å². The van der Waals surface area contributed by atoms with Gasteiger partial charge in [0.05, 0.1) is 0 Å². The number of benzene rings is 1. The third-order valence-electron chi connectivity index (χ3n) is 2.43. The molecule has 1 N–H and O–H groups in total. The molecule has 84 valence electrons. The first-order chi connectivity index (χ1) is 7.75. The Balaban J connectivity index is 1.87. The van der Waals surface area contributed by atoms with Crippen LogP contribution in [0.4, 0.5) is 5.69 Å². The first kappa shape index (κ1) is 11.2. The van der Waals surface area contributed by atoms with Crippen LogP contribution in [-0.4, -0.2) is 16.1 Å². The average Bonchev–Trinajstić information content (AvgIpc) is 2.65. The van der Waals surface area contributed by atoms with Crippen molar-refractivity contribution >= 4 is 21.6 Å². The topological polar surface area (TPSA) is 29.9 Å². The minimum Gasteiger partial charge on any atom is -0.383 e. The van der Waals surface area contributed by atoms with Crippen LogP contribution >= 0.6 is 15.9 Å². The molecule has 0 spiro atoms. The molecule has 16 heavy (non-hydrogen) atoms. The average molecular weight is 280 g/mol. The van der Waals surface area contributed by atoms with Gasteiger partial charge in [-0.1, -0.05) is 22.0 Å². The highest BCUT2D eigenvalue weighted by Crippen LogP contribution is 2.15. The first-order valence-electron chi connectivity index (χ1n) is 5.23. The molecule has 0 atom stereocenters. The second kappa shape index (κ2) is 5.16. The van der Waals surface area contributed by atoms with Crippen LogP contribution in [0.3, 0.4) is 0 Å². The van der Waals surface area contributed by atoms with E-state index in [9.17, 15) is 0 Å². The summed E-state index contributed by atoms with van der Waals surface area (Å²) >= 11 is 3.45. The summed E-state index contributed by atoms with van der Waals surface area (Å²) in [6.07, 6.45) is 3.83. The lowest BCUT2D eigenvalue weighted by molar-refractivity contribution is 0.701. The van der Waals surface area contributed by atoms with Gasteiger partial charge < -0.3 is 9.88 Å². The van der Waals surface area contributed by atoms with Gasteiger partial charge in [0.1, 0.15) is 5.82 Å². The summed E-state index contributed by atoms with van der Waals surface area (Å²) in [5.41, 5.74) is 1.13. The maximum absolute atomic E-state index is 4.18. The Kier molecular flexibility index (Phi) is 3.62. The van der Waals surface area contributed by atoms with Crippen LogP contribution in [0.2, 0.25) is 0 Å². The van der Waals surface area contributed by atoms with Gasteiger partial charge in [-0.3, -0.25) is 0 Å². The van der Waals surface area contributed by atoms with Crippen molar-refractivity contribution in [2.24, 2.45) is 0 Å². The van der Waals surface area contributed by atoms with E-state index >= 15 is 0 Å². The van der Waals surface area contributed by atoms with Crippen LogP contribution in [-0.2, 0) is 6.54 Å². The second-order valence-electron chi connectivity index (χ2n) is 3.60. The van der Waals surface area contributed by atoms with E-state index in [0.29, 0.717) is 0 Å². The largest absolute Gasteiger partial charge is 0.383 e. The molecule has 0 aliphatic rings. The van der Waals surface area contributed by atoms with E-state index < -0.39 is 0 Å². The van der Waals surface area contributed by atoms with E-state index in [-0.39, 0.29) is 0 Å². The molecule has 0 saturated heterocycles. The first-order valence-corrected chi connectivity index (χ1v) is 6.02. The number of nitrogens with one attached hydrogen (secondary N) is 1. The Morgan fingerprint density at radius 1 is 1.44 bits per heavy atom. The molecule has 3 nitrogen and oxygen atoms in total. The van der Waals surface area contributed by atoms with Gasteiger partial charge in [-0.05, 0) is 25.1 Å². The highest BCUT2D eigenvalue weighted by Gasteiger charge is 1.96. The number of halogens is 1. The molecule has 0 aliphatic carbocycles. The fourth-order valence-electron chi connectivity index (χ4n) is 1.56. The van der Waals surface area contributed by atoms with Gasteiger partial charge in [0.15, 0.2) is 0 Å². The number of aromatic nitrogens is 2. The van der Waals surface area contributed by atoms with Crippen LogP contribution < -0.4 is 5.32 Å². The molecular weight excluding hydrogens is 266 g/mol. The summed E-state index contributed by atoms with van der Waals surface area (Å²) in [6.45, 7) is 3.84. The highest BCUT2D eigenvalue weighted by atomic mass is 79.9. The van der Waals surface area contributed by atoms with Crippen LogP contribution in [0.1, 0.15) is 5.82 Å². The zero-order chi connectivity index (χ0) is 11.4. The Morgan fingerprint density at radius 2 is 2.31 bits per heavy atom. The van der Waals surface area contributed by atoms with Crippen LogP contribution in [0.25, 0.3) is 0 Å². The van der Waals surface area contributed by atoms with E-state index in [1.165, 1.54) is 0 Å². The lowest BCUT2D eigenvalue weighted by Crippen LogP contribution is -2.10. The minimum atomic E-state index is 0.896. The number of nitrogens with zero attached hydrogens (tertiary/aromatic N) is 2. The van der Waals surface area contributed by atoms with Gasteiger partial charge in [0.25, 0.3) is 0 Å². The third-order valence-corrected chi connectivity index (χ3v) is 2.92. The molecule has 0 aliphatic heterocycles. The van der Waals surface area contributed by atoms with Gasteiger partial charge in [-0.15, -0.1) is 0 Å². The van der Waals surface area contributed by atoms with Gasteiger partial charge in [-0.25, -0.2) is 4.98 Å². The lowest BCUT2D eigenvalue weighted by atomic mass is 10.3. The molecule has 2 aromatic rings. The molecule has 0 unspecified atom stereocenters. The quantitative estimate of drug-likeness (QED) is 0.932. The molecule has 0 saturated carbocycles. The van der Waals surface area contributed by atoms with Crippen molar-refractivity contribution in [2.45, 2.75) is 13.5 Å². The normalized spacial score (nSPS) is 10.4. The van der Waals surface area contributed by atoms with Gasteiger partial charge in [0, 0.05) is 35.6 Å². The van der Waals surface area contributed by atoms with Gasteiger partial charge >= 0.3 is 0 Å². The van der Waals surface area contributed by atoms with Crippen LogP contribution in [0, 0.1) is 6.92 Å². The number of rotatable bonds is 4. The fourth-order valence-corrected chi connectivity index (χ4v) is 1.96.